The quantitative estimate of drug-likeness (QED) is 0.156. The number of nitrogens with zero attached hydrogens (tertiary/aromatic N) is 1. The molecule has 5 N–H and O–H groups in total. The summed E-state index contributed by atoms with van der Waals surface area (Å²) in [6.45, 7) is 4.42. The van der Waals surface area contributed by atoms with Gasteiger partial charge in [-0.25, -0.2) is 9.59 Å². The lowest BCUT2D eigenvalue weighted by molar-refractivity contribution is -0.149. The molecule has 1 heterocycles. The molecule has 0 radical (unpaired) electrons. The Labute approximate surface area is 301 Å². The zero-order valence-corrected chi connectivity index (χ0v) is 30.3. The molecule has 5 amide bonds. The van der Waals surface area contributed by atoms with Gasteiger partial charge >= 0.3 is 12.0 Å². The molecule has 51 heavy (non-hydrogen) atoms. The van der Waals surface area contributed by atoms with E-state index >= 15 is 0 Å². The van der Waals surface area contributed by atoms with E-state index in [-0.39, 0.29) is 42.1 Å². The maximum absolute atomic E-state index is 14.6. The van der Waals surface area contributed by atoms with Crippen molar-refractivity contribution in [3.8, 4) is 0 Å². The van der Waals surface area contributed by atoms with Gasteiger partial charge in [0.25, 0.3) is 5.91 Å². The van der Waals surface area contributed by atoms with Crippen LogP contribution in [0.15, 0.2) is 30.3 Å². The summed E-state index contributed by atoms with van der Waals surface area (Å²) in [5.41, 5.74) is 6.20. The molecule has 1 saturated heterocycles. The number of carbonyl (C=O) groups is 6. The average Bonchev–Trinajstić information content (AvgIpc) is 3.84. The topological polar surface area (TPSA) is 177 Å². The second-order valence-corrected chi connectivity index (χ2v) is 15.6. The number of nitrogens with one attached hydrogen (secondary N) is 3. The van der Waals surface area contributed by atoms with Crippen LogP contribution in [0.2, 0.25) is 0 Å². The second-order valence-electron chi connectivity index (χ2n) is 15.6. The van der Waals surface area contributed by atoms with Gasteiger partial charge in [0.1, 0.15) is 24.7 Å². The Hall–Kier alpha value is -3.96. The third-order valence-electron chi connectivity index (χ3n) is 11.6. The van der Waals surface area contributed by atoms with Gasteiger partial charge in [0.15, 0.2) is 0 Å². The van der Waals surface area contributed by atoms with Gasteiger partial charge in [0.05, 0.1) is 6.04 Å². The van der Waals surface area contributed by atoms with E-state index in [1.165, 1.54) is 0 Å². The molecule has 1 unspecified atom stereocenters. The molecule has 3 saturated carbocycles. The number of ketones is 1. The fourth-order valence-corrected chi connectivity index (χ4v) is 8.45. The molecule has 0 spiro atoms. The fraction of sp³-hybridized carbons (Fsp3) is 0.692. The summed E-state index contributed by atoms with van der Waals surface area (Å²) in [4.78, 5) is 82.2. The van der Waals surface area contributed by atoms with E-state index in [0.29, 0.717) is 19.4 Å². The average molecular weight is 708 g/mol. The number of benzene rings is 1. The Morgan fingerprint density at radius 1 is 0.784 bits per heavy atom. The molecule has 5 atom stereocenters. The summed E-state index contributed by atoms with van der Waals surface area (Å²) in [5.74, 6) is -3.37. The number of urea groups is 1. The summed E-state index contributed by atoms with van der Waals surface area (Å²) in [6.07, 6.45) is 11.7. The van der Waals surface area contributed by atoms with Gasteiger partial charge in [0, 0.05) is 6.54 Å². The molecular formula is C39H57N5O7. The Bertz CT molecular complexity index is 1390. The molecule has 1 aromatic carbocycles. The summed E-state index contributed by atoms with van der Waals surface area (Å²) in [6, 6.07) is 5.10. The first kappa shape index (κ1) is 38.3. The number of hydrogen-bond donors (Lipinski definition) is 4. The van der Waals surface area contributed by atoms with Crippen LogP contribution in [0, 0.1) is 29.6 Å². The molecule has 280 valence electrons. The highest BCUT2D eigenvalue weighted by Gasteiger charge is 2.47. The molecule has 3 aliphatic carbocycles. The minimum absolute atomic E-state index is 0.0508. The lowest BCUT2D eigenvalue weighted by Gasteiger charge is -2.37. The fourth-order valence-electron chi connectivity index (χ4n) is 8.45. The van der Waals surface area contributed by atoms with Crippen molar-refractivity contribution in [3.05, 3.63) is 35.9 Å². The van der Waals surface area contributed by atoms with E-state index in [9.17, 15) is 28.8 Å². The van der Waals surface area contributed by atoms with Crippen LogP contribution in [0.3, 0.4) is 0 Å². The third-order valence-corrected chi connectivity index (χ3v) is 11.6. The highest BCUT2D eigenvalue weighted by Crippen LogP contribution is 2.36. The largest absolute Gasteiger partial charge is 0.459 e. The standard InChI is InChI=1S/C39H57N5O7/c1-24(2)29-20-21-44(33(29)36(47)41-30(22-25-18-19-25)34(45)35(40)46)37(48)31(27-14-8-4-9-15-27)42-39(50)43-32(28-16-10-5-11-17-28)38(49)51-23-26-12-6-3-7-13-26/h3,6-7,12-13,24-25,27-33H,4-5,8-11,14-23H2,1-2H3,(H2,40,46)(H,41,47)(H2,42,43,50)/t29-,30?,31+,32+,33+/m1/s1. The maximum atomic E-state index is 14.6. The van der Waals surface area contributed by atoms with Gasteiger partial charge < -0.3 is 31.3 Å². The van der Waals surface area contributed by atoms with Gasteiger partial charge in [0.2, 0.25) is 17.6 Å². The van der Waals surface area contributed by atoms with Gasteiger partial charge in [-0.2, -0.15) is 0 Å². The second kappa shape index (κ2) is 18.0. The predicted octanol–water partition coefficient (Wildman–Crippen LogP) is 4.14. The van der Waals surface area contributed by atoms with Crippen molar-refractivity contribution in [2.24, 2.45) is 35.3 Å². The molecule has 12 heteroatoms. The van der Waals surface area contributed by atoms with E-state index in [4.69, 9.17) is 10.5 Å². The van der Waals surface area contributed by atoms with Crippen LogP contribution < -0.4 is 21.7 Å². The number of ether oxygens (including phenoxy) is 1. The van der Waals surface area contributed by atoms with Crippen LogP contribution in [0.1, 0.15) is 109 Å². The van der Waals surface area contributed by atoms with E-state index in [1.807, 2.05) is 44.2 Å². The monoisotopic (exact) mass is 707 g/mol. The predicted molar refractivity (Wildman–Crippen MR) is 191 cm³/mol. The molecule has 5 rings (SSSR count). The first-order valence-electron chi connectivity index (χ1n) is 19.3. The van der Waals surface area contributed by atoms with Crippen molar-refractivity contribution in [3.63, 3.8) is 0 Å². The maximum Gasteiger partial charge on any atom is 0.329 e. The van der Waals surface area contributed by atoms with Crippen LogP contribution in [-0.2, 0) is 35.3 Å². The number of amides is 5. The molecule has 4 aliphatic rings. The molecule has 12 nitrogen and oxygen atoms in total. The van der Waals surface area contributed by atoms with Crippen LogP contribution in [0.4, 0.5) is 4.79 Å². The number of nitrogens with two attached hydrogens (primary N) is 1. The molecule has 4 fully saturated rings. The molecule has 0 bridgehead atoms. The zero-order valence-electron chi connectivity index (χ0n) is 30.3. The normalized spacial score (nSPS) is 23.2. The number of carbonyl (C=O) groups excluding carboxylic acids is 6. The first-order valence-corrected chi connectivity index (χ1v) is 19.3. The Morgan fingerprint density at radius 2 is 1.37 bits per heavy atom. The van der Waals surface area contributed by atoms with Crippen molar-refractivity contribution in [1.82, 2.24) is 20.9 Å². The smallest absolute Gasteiger partial charge is 0.329 e. The van der Waals surface area contributed by atoms with Crippen molar-refractivity contribution in [2.75, 3.05) is 6.54 Å². The lowest BCUT2D eigenvalue weighted by Crippen LogP contribution is -2.61. The van der Waals surface area contributed by atoms with Gasteiger partial charge in [-0.3, -0.25) is 19.2 Å². The number of primary amides is 1. The van der Waals surface area contributed by atoms with Crippen molar-refractivity contribution >= 4 is 35.5 Å². The van der Waals surface area contributed by atoms with E-state index in [2.05, 4.69) is 16.0 Å². The van der Waals surface area contributed by atoms with E-state index < -0.39 is 53.8 Å². The van der Waals surface area contributed by atoms with Gasteiger partial charge in [-0.1, -0.05) is 95.5 Å². The summed E-state index contributed by atoms with van der Waals surface area (Å²) >= 11 is 0. The van der Waals surface area contributed by atoms with Gasteiger partial charge in [-0.15, -0.1) is 0 Å². The molecule has 0 aromatic heterocycles. The van der Waals surface area contributed by atoms with E-state index in [0.717, 1.165) is 82.6 Å². The van der Waals surface area contributed by atoms with Gasteiger partial charge in [-0.05, 0) is 73.7 Å². The van der Waals surface area contributed by atoms with Crippen LogP contribution in [0.25, 0.3) is 0 Å². The van der Waals surface area contributed by atoms with Crippen molar-refractivity contribution < 1.29 is 33.5 Å². The Balaban J connectivity index is 1.33. The number of esters is 1. The first-order chi connectivity index (χ1) is 24.5. The van der Waals surface area contributed by atoms with Crippen LogP contribution in [-0.4, -0.2) is 71.1 Å². The summed E-state index contributed by atoms with van der Waals surface area (Å²) in [7, 11) is 0. The minimum Gasteiger partial charge on any atom is -0.459 e. The molecule has 1 aromatic rings. The molecular weight excluding hydrogens is 650 g/mol. The van der Waals surface area contributed by atoms with E-state index in [1.54, 1.807) is 4.90 Å². The lowest BCUT2D eigenvalue weighted by atomic mass is 9.82. The number of hydrogen-bond acceptors (Lipinski definition) is 7. The highest BCUT2D eigenvalue weighted by molar-refractivity contribution is 6.37. The Kier molecular flexibility index (Phi) is 13.5. The van der Waals surface area contributed by atoms with Crippen LogP contribution >= 0.6 is 0 Å². The number of rotatable bonds is 15. The summed E-state index contributed by atoms with van der Waals surface area (Å²) in [5, 5.41) is 8.70. The zero-order chi connectivity index (χ0) is 36.5. The molecule has 1 aliphatic heterocycles. The minimum atomic E-state index is -1.09. The Morgan fingerprint density at radius 3 is 1.94 bits per heavy atom. The van der Waals surface area contributed by atoms with Crippen molar-refractivity contribution in [2.45, 2.75) is 135 Å². The highest BCUT2D eigenvalue weighted by atomic mass is 16.5. The van der Waals surface area contributed by atoms with Crippen LogP contribution in [0.5, 0.6) is 0 Å². The summed E-state index contributed by atoms with van der Waals surface area (Å²) < 4.78 is 5.71. The van der Waals surface area contributed by atoms with Crippen molar-refractivity contribution in [1.29, 1.82) is 0 Å². The number of likely N-dealkylation sites (tertiary alicyclic amines) is 1. The number of Topliss-reactive ketones (excluding diaryl/α,β-unsaturated/α-hetero) is 1. The third kappa shape index (κ3) is 10.3. The SMILES string of the molecule is CC(C)[C@H]1CCN(C(=O)[C@@H](NC(=O)N[C@H](C(=O)OCc2ccccc2)C2CCCCC2)C2CCCCC2)[C@@H]1C(=O)NC(CC1CC1)C(=O)C(N)=O.